The van der Waals surface area contributed by atoms with E-state index >= 15 is 0 Å². The highest BCUT2D eigenvalue weighted by atomic mass is 28.2. The molecule has 0 saturated carbocycles. The molecule has 1 N–H and O–H groups in total. The van der Waals surface area contributed by atoms with E-state index in [4.69, 9.17) is 5.11 Å². The molecule has 0 amide bonds. The number of carbonyl (C=O) groups excluding carboxylic acids is 2. The van der Waals surface area contributed by atoms with Crippen molar-refractivity contribution in [2.75, 3.05) is 0 Å². The van der Waals surface area contributed by atoms with E-state index in [1.807, 2.05) is 0 Å². The van der Waals surface area contributed by atoms with Crippen molar-refractivity contribution >= 4 is 22.4 Å². The van der Waals surface area contributed by atoms with Gasteiger partial charge in [-0.1, -0.05) is 0 Å². The molecule has 0 rings (SSSR count). The molecule has 0 spiro atoms. The van der Waals surface area contributed by atoms with Gasteiger partial charge in [-0.3, -0.25) is 9.59 Å². The van der Waals surface area contributed by atoms with Crippen LogP contribution in [0.1, 0.15) is 20.8 Å². The van der Waals surface area contributed by atoms with E-state index in [0.717, 1.165) is 0 Å². The Morgan fingerprint density at radius 2 is 1.67 bits per heavy atom. The van der Waals surface area contributed by atoms with Crippen LogP contribution in [0.3, 0.4) is 0 Å². The summed E-state index contributed by atoms with van der Waals surface area (Å²) in [7, 11) is 0.524. The Hall–Kier alpha value is -0.883. The summed E-state index contributed by atoms with van der Waals surface area (Å²) in [5.41, 5.74) is 0. The third-order valence-electron chi connectivity index (χ3n) is 0.624. The van der Waals surface area contributed by atoms with E-state index in [1.165, 1.54) is 20.8 Å². The Kier molecular flexibility index (Phi) is 9.37. The standard InChI is InChI=1S/C4H8O3.C2H6O2Si/c1-3(5)7-4(2)6;1-2(3)4-5/h3,5H,1-2H3;1,5H3. The van der Waals surface area contributed by atoms with Crippen LogP contribution in [0.5, 0.6) is 0 Å². The Morgan fingerprint density at radius 1 is 1.33 bits per heavy atom. The summed E-state index contributed by atoms with van der Waals surface area (Å²) in [6.45, 7) is 4.01. The van der Waals surface area contributed by atoms with Crippen molar-refractivity contribution in [2.24, 2.45) is 0 Å². The fourth-order valence-corrected chi connectivity index (χ4v) is 0.240. The average Bonchev–Trinajstić information content (AvgIpc) is 1.85. The maximum atomic E-state index is 9.87. The lowest BCUT2D eigenvalue weighted by Gasteiger charge is -2.00. The Morgan fingerprint density at radius 3 is 1.67 bits per heavy atom. The van der Waals surface area contributed by atoms with E-state index < -0.39 is 12.3 Å². The first-order valence-corrected chi connectivity index (χ1v) is 4.11. The summed E-state index contributed by atoms with van der Waals surface area (Å²) < 4.78 is 8.42. The molecule has 0 bridgehead atoms. The number of carbonyl (C=O) groups is 2. The van der Waals surface area contributed by atoms with Gasteiger partial charge in [0.15, 0.2) is 6.29 Å². The summed E-state index contributed by atoms with van der Waals surface area (Å²) in [5, 5.41) is 8.28. The predicted octanol–water partition coefficient (Wildman–Crippen LogP) is -1.28. The first kappa shape index (κ1) is 13.7. The summed E-state index contributed by atoms with van der Waals surface area (Å²) >= 11 is 0. The molecule has 0 radical (unpaired) electrons. The van der Waals surface area contributed by atoms with Gasteiger partial charge >= 0.3 is 5.97 Å². The van der Waals surface area contributed by atoms with Crippen molar-refractivity contribution in [3.63, 3.8) is 0 Å². The maximum Gasteiger partial charge on any atom is 0.304 e. The zero-order valence-electron chi connectivity index (χ0n) is 7.66. The van der Waals surface area contributed by atoms with Gasteiger partial charge in [0.25, 0.3) is 5.97 Å². The summed E-state index contributed by atoms with van der Waals surface area (Å²) in [4.78, 5) is 19.5. The summed E-state index contributed by atoms with van der Waals surface area (Å²) in [6.07, 6.45) is -0.975. The van der Waals surface area contributed by atoms with Crippen LogP contribution in [0, 0.1) is 0 Å². The molecule has 12 heavy (non-hydrogen) atoms. The second kappa shape index (κ2) is 8.22. The van der Waals surface area contributed by atoms with Crippen molar-refractivity contribution in [3.8, 4) is 0 Å². The molecule has 0 aliphatic heterocycles. The van der Waals surface area contributed by atoms with Crippen LogP contribution in [0.25, 0.3) is 0 Å². The average molecular weight is 194 g/mol. The molecule has 0 heterocycles. The molecule has 0 aliphatic rings. The normalized spacial score (nSPS) is 10.7. The van der Waals surface area contributed by atoms with Crippen LogP contribution in [-0.4, -0.2) is 33.8 Å². The molecule has 5 nitrogen and oxygen atoms in total. The molecule has 72 valence electrons. The monoisotopic (exact) mass is 194 g/mol. The van der Waals surface area contributed by atoms with Gasteiger partial charge < -0.3 is 14.3 Å². The maximum absolute atomic E-state index is 9.87. The number of hydrogen-bond acceptors (Lipinski definition) is 5. The van der Waals surface area contributed by atoms with Gasteiger partial charge in [0.2, 0.25) is 10.5 Å². The lowest BCUT2D eigenvalue weighted by molar-refractivity contribution is -0.161. The lowest BCUT2D eigenvalue weighted by Crippen LogP contribution is -2.09. The van der Waals surface area contributed by atoms with Gasteiger partial charge in [-0.25, -0.2) is 0 Å². The minimum Gasteiger partial charge on any atom is -0.529 e. The van der Waals surface area contributed by atoms with Gasteiger partial charge in [-0.05, 0) is 6.92 Å². The lowest BCUT2D eigenvalue weighted by atomic mass is 10.7. The van der Waals surface area contributed by atoms with Crippen LogP contribution in [-0.2, 0) is 18.8 Å². The largest absolute Gasteiger partial charge is 0.529 e. The minimum absolute atomic E-state index is 0.184. The number of ether oxygens (including phenoxy) is 1. The Labute approximate surface area is 74.2 Å². The molecule has 0 aromatic heterocycles. The van der Waals surface area contributed by atoms with Crippen molar-refractivity contribution in [2.45, 2.75) is 27.1 Å². The fraction of sp³-hybridized carbons (Fsp3) is 0.667. The van der Waals surface area contributed by atoms with Crippen molar-refractivity contribution in [3.05, 3.63) is 0 Å². The predicted molar refractivity (Wildman–Crippen MR) is 45.2 cm³/mol. The second-order valence-electron chi connectivity index (χ2n) is 1.90. The highest BCUT2D eigenvalue weighted by Crippen LogP contribution is 1.81. The molecule has 0 aromatic rings. The molecule has 1 atom stereocenters. The number of hydrogen-bond donors (Lipinski definition) is 1. The van der Waals surface area contributed by atoms with Crippen molar-refractivity contribution in [1.29, 1.82) is 0 Å². The Balaban J connectivity index is 0. The molecule has 6 heteroatoms. The SMILES string of the molecule is CC(=O)OC(C)O.CC(=O)O[SiH3]. The number of aliphatic hydroxyl groups is 1. The molecule has 1 unspecified atom stereocenters. The number of rotatable bonds is 1. The van der Waals surface area contributed by atoms with Crippen LogP contribution < -0.4 is 0 Å². The van der Waals surface area contributed by atoms with E-state index in [-0.39, 0.29) is 5.97 Å². The summed E-state index contributed by atoms with van der Waals surface area (Å²) in [5.74, 6) is -0.647. The third-order valence-corrected chi connectivity index (χ3v) is 1.20. The zero-order valence-corrected chi connectivity index (χ0v) is 9.66. The first-order chi connectivity index (χ1) is 5.40. The van der Waals surface area contributed by atoms with Crippen LogP contribution in [0.15, 0.2) is 0 Å². The van der Waals surface area contributed by atoms with Gasteiger partial charge in [0, 0.05) is 13.8 Å². The molecular formula is C6H14O5Si. The van der Waals surface area contributed by atoms with Crippen LogP contribution >= 0.6 is 0 Å². The van der Waals surface area contributed by atoms with E-state index in [2.05, 4.69) is 9.16 Å². The van der Waals surface area contributed by atoms with Crippen molar-refractivity contribution < 1.29 is 23.9 Å². The van der Waals surface area contributed by atoms with Crippen LogP contribution in [0.4, 0.5) is 0 Å². The number of aliphatic hydroxyl groups excluding tert-OH is 1. The van der Waals surface area contributed by atoms with Gasteiger partial charge in [-0.15, -0.1) is 0 Å². The fourth-order valence-electron chi connectivity index (χ4n) is 0.240. The topological polar surface area (TPSA) is 72.8 Å². The first-order valence-electron chi connectivity index (χ1n) is 3.30. The molecule has 0 aliphatic carbocycles. The highest BCUT2D eigenvalue weighted by molar-refractivity contribution is 6.04. The molecule has 0 saturated heterocycles. The van der Waals surface area contributed by atoms with E-state index in [1.54, 1.807) is 0 Å². The third kappa shape index (κ3) is 22.9. The molecule has 0 fully saturated rings. The second-order valence-corrected chi connectivity index (χ2v) is 2.31. The van der Waals surface area contributed by atoms with Crippen LogP contribution in [0.2, 0.25) is 0 Å². The van der Waals surface area contributed by atoms with Gasteiger partial charge in [0.05, 0.1) is 0 Å². The quantitative estimate of drug-likeness (QED) is 0.320. The van der Waals surface area contributed by atoms with E-state index in [9.17, 15) is 9.59 Å². The summed E-state index contributed by atoms with van der Waals surface area (Å²) in [6, 6.07) is 0. The van der Waals surface area contributed by atoms with Gasteiger partial charge in [0.1, 0.15) is 0 Å². The smallest absolute Gasteiger partial charge is 0.304 e. The van der Waals surface area contributed by atoms with Gasteiger partial charge in [-0.2, -0.15) is 0 Å². The Bertz CT molecular complexity index is 145. The van der Waals surface area contributed by atoms with E-state index in [0.29, 0.717) is 10.5 Å². The zero-order chi connectivity index (χ0) is 10.1. The minimum atomic E-state index is -0.975. The highest BCUT2D eigenvalue weighted by Gasteiger charge is 1.95. The number of esters is 1. The molecule has 0 aromatic carbocycles. The van der Waals surface area contributed by atoms with Crippen molar-refractivity contribution in [1.82, 2.24) is 0 Å². The molecular weight excluding hydrogens is 180 g/mol.